The van der Waals surface area contributed by atoms with Crippen LogP contribution in [0.1, 0.15) is 42.6 Å². The predicted octanol–water partition coefficient (Wildman–Crippen LogP) is 4.17. The van der Waals surface area contributed by atoms with E-state index in [-0.39, 0.29) is 17.2 Å². The Morgan fingerprint density at radius 3 is 2.58 bits per heavy atom. The zero-order valence-corrected chi connectivity index (χ0v) is 15.8. The molecule has 0 bridgehead atoms. The normalized spacial score (nSPS) is 14.6. The lowest BCUT2D eigenvalue weighted by atomic mass is 9.84. The molecule has 1 saturated heterocycles. The molecular formula is C21H23ClN2O2. The van der Waals surface area contributed by atoms with Gasteiger partial charge >= 0.3 is 0 Å². The summed E-state index contributed by atoms with van der Waals surface area (Å²) in [7, 11) is 0. The van der Waals surface area contributed by atoms with Gasteiger partial charge in [0, 0.05) is 41.2 Å². The van der Waals surface area contributed by atoms with Gasteiger partial charge in [-0.2, -0.15) is 0 Å². The topological polar surface area (TPSA) is 49.4 Å². The molecule has 4 nitrogen and oxygen atoms in total. The fraction of sp³-hybridized carbons (Fsp3) is 0.333. The highest BCUT2D eigenvalue weighted by Gasteiger charge is 2.24. The summed E-state index contributed by atoms with van der Waals surface area (Å²) in [6.07, 6.45) is 1.44. The van der Waals surface area contributed by atoms with Crippen molar-refractivity contribution >= 4 is 29.1 Å². The van der Waals surface area contributed by atoms with E-state index in [2.05, 4.69) is 19.2 Å². The highest BCUT2D eigenvalue weighted by molar-refractivity contribution is 6.30. The van der Waals surface area contributed by atoms with Gasteiger partial charge < -0.3 is 10.2 Å². The number of carbonyl (C=O) groups excluding carboxylic acids is 2. The smallest absolute Gasteiger partial charge is 0.251 e. The Balaban J connectivity index is 1.68. The molecular weight excluding hydrogens is 348 g/mol. The van der Waals surface area contributed by atoms with Crippen molar-refractivity contribution < 1.29 is 9.59 Å². The Labute approximate surface area is 159 Å². The van der Waals surface area contributed by atoms with Crippen molar-refractivity contribution in [2.75, 3.05) is 18.0 Å². The number of hydrogen-bond donors (Lipinski definition) is 1. The lowest BCUT2D eigenvalue weighted by Crippen LogP contribution is -2.36. The van der Waals surface area contributed by atoms with Gasteiger partial charge in [-0.15, -0.1) is 0 Å². The Morgan fingerprint density at radius 2 is 1.92 bits per heavy atom. The number of anilines is 1. The molecule has 5 heteroatoms. The Bertz CT molecular complexity index is 815. The lowest BCUT2D eigenvalue weighted by Gasteiger charge is -2.26. The van der Waals surface area contributed by atoms with Gasteiger partial charge in [0.25, 0.3) is 5.91 Å². The summed E-state index contributed by atoms with van der Waals surface area (Å²) in [6, 6.07) is 14.9. The number of benzene rings is 2. The average molecular weight is 371 g/mol. The standard InChI is InChI=1S/C21H23ClN2O2/c1-21(2,16-8-10-17(22)11-9-16)14-23-20(26)15-5-3-6-18(13-15)24-12-4-7-19(24)25/h3,5-6,8-11,13H,4,7,12,14H2,1-2H3,(H,23,26). The number of amides is 2. The quantitative estimate of drug-likeness (QED) is 0.858. The van der Waals surface area contributed by atoms with Crippen LogP contribution in [0, 0.1) is 0 Å². The van der Waals surface area contributed by atoms with Gasteiger partial charge in [-0.05, 0) is 42.3 Å². The van der Waals surface area contributed by atoms with Crippen LogP contribution in [0.4, 0.5) is 5.69 Å². The van der Waals surface area contributed by atoms with Crippen LogP contribution in [0.2, 0.25) is 5.02 Å². The molecule has 2 aromatic carbocycles. The van der Waals surface area contributed by atoms with Crippen LogP contribution >= 0.6 is 11.6 Å². The minimum Gasteiger partial charge on any atom is -0.351 e. The minimum atomic E-state index is -0.219. The van der Waals surface area contributed by atoms with Crippen molar-refractivity contribution in [3.63, 3.8) is 0 Å². The molecule has 1 N–H and O–H groups in total. The van der Waals surface area contributed by atoms with Crippen LogP contribution in [0.3, 0.4) is 0 Å². The molecule has 0 aliphatic carbocycles. The molecule has 0 unspecified atom stereocenters. The molecule has 0 atom stereocenters. The summed E-state index contributed by atoms with van der Waals surface area (Å²) in [4.78, 5) is 26.2. The molecule has 136 valence electrons. The molecule has 0 spiro atoms. The van der Waals surface area contributed by atoms with Crippen LogP contribution in [0.15, 0.2) is 48.5 Å². The molecule has 0 radical (unpaired) electrons. The van der Waals surface area contributed by atoms with Gasteiger partial charge in [0.05, 0.1) is 0 Å². The van der Waals surface area contributed by atoms with Crippen LogP contribution < -0.4 is 10.2 Å². The SMILES string of the molecule is CC(C)(CNC(=O)c1cccc(N2CCCC2=O)c1)c1ccc(Cl)cc1. The summed E-state index contributed by atoms with van der Waals surface area (Å²) >= 11 is 5.95. The number of halogens is 1. The first-order valence-corrected chi connectivity index (χ1v) is 9.19. The van der Waals surface area contributed by atoms with Gasteiger partial charge in [0.2, 0.25) is 5.91 Å². The van der Waals surface area contributed by atoms with E-state index in [0.29, 0.717) is 30.1 Å². The van der Waals surface area contributed by atoms with Crippen molar-refractivity contribution in [1.82, 2.24) is 5.32 Å². The molecule has 3 rings (SSSR count). The van der Waals surface area contributed by atoms with Gasteiger partial charge in [0.1, 0.15) is 0 Å². The molecule has 1 aliphatic heterocycles. The fourth-order valence-corrected chi connectivity index (χ4v) is 3.27. The summed E-state index contributed by atoms with van der Waals surface area (Å²) in [5.41, 5.74) is 2.24. The van der Waals surface area contributed by atoms with Crippen LogP contribution in [-0.4, -0.2) is 24.9 Å². The van der Waals surface area contributed by atoms with Gasteiger partial charge in [-0.1, -0.05) is 43.6 Å². The van der Waals surface area contributed by atoms with Crippen molar-refractivity contribution in [3.8, 4) is 0 Å². The molecule has 0 saturated carbocycles. The van der Waals surface area contributed by atoms with E-state index >= 15 is 0 Å². The largest absolute Gasteiger partial charge is 0.351 e. The summed E-state index contributed by atoms with van der Waals surface area (Å²) < 4.78 is 0. The fourth-order valence-electron chi connectivity index (χ4n) is 3.14. The minimum absolute atomic E-state index is 0.117. The maximum atomic E-state index is 12.6. The van der Waals surface area contributed by atoms with E-state index < -0.39 is 0 Å². The van der Waals surface area contributed by atoms with E-state index in [1.807, 2.05) is 36.4 Å². The molecule has 1 aliphatic rings. The maximum absolute atomic E-state index is 12.6. The first-order chi connectivity index (χ1) is 12.4. The van der Waals surface area contributed by atoms with E-state index in [1.54, 1.807) is 17.0 Å². The monoisotopic (exact) mass is 370 g/mol. The number of rotatable bonds is 5. The number of hydrogen-bond acceptors (Lipinski definition) is 2. The summed E-state index contributed by atoms with van der Waals surface area (Å²) in [5, 5.41) is 3.70. The average Bonchev–Trinajstić information content (AvgIpc) is 3.06. The third-order valence-corrected chi connectivity index (χ3v) is 5.06. The van der Waals surface area contributed by atoms with Crippen LogP contribution in [0.25, 0.3) is 0 Å². The summed E-state index contributed by atoms with van der Waals surface area (Å²) in [6.45, 7) is 5.37. The second-order valence-electron chi connectivity index (χ2n) is 7.27. The van der Waals surface area contributed by atoms with E-state index in [9.17, 15) is 9.59 Å². The van der Waals surface area contributed by atoms with Crippen molar-refractivity contribution in [1.29, 1.82) is 0 Å². The predicted molar refractivity (Wildman–Crippen MR) is 105 cm³/mol. The van der Waals surface area contributed by atoms with Gasteiger partial charge in [0.15, 0.2) is 0 Å². The molecule has 2 amide bonds. The van der Waals surface area contributed by atoms with Gasteiger partial charge in [-0.3, -0.25) is 9.59 Å². The van der Waals surface area contributed by atoms with E-state index in [1.165, 1.54) is 0 Å². The Morgan fingerprint density at radius 1 is 1.19 bits per heavy atom. The van der Waals surface area contributed by atoms with Crippen molar-refractivity contribution in [2.45, 2.75) is 32.1 Å². The number of nitrogens with zero attached hydrogens (tertiary/aromatic N) is 1. The number of carbonyl (C=O) groups is 2. The maximum Gasteiger partial charge on any atom is 0.251 e. The van der Waals surface area contributed by atoms with E-state index in [0.717, 1.165) is 17.7 Å². The highest BCUT2D eigenvalue weighted by Crippen LogP contribution is 2.25. The molecule has 1 heterocycles. The molecule has 2 aromatic rings. The summed E-state index contributed by atoms with van der Waals surface area (Å²) in [5.74, 6) is -0.0213. The molecule has 26 heavy (non-hydrogen) atoms. The third-order valence-electron chi connectivity index (χ3n) is 4.81. The second kappa shape index (κ2) is 7.50. The first kappa shape index (κ1) is 18.5. The van der Waals surface area contributed by atoms with Crippen LogP contribution in [0.5, 0.6) is 0 Å². The molecule has 0 aromatic heterocycles. The Hall–Kier alpha value is -2.33. The van der Waals surface area contributed by atoms with Crippen LogP contribution in [-0.2, 0) is 10.2 Å². The molecule has 1 fully saturated rings. The van der Waals surface area contributed by atoms with Gasteiger partial charge in [-0.25, -0.2) is 0 Å². The van der Waals surface area contributed by atoms with Crippen molar-refractivity contribution in [3.05, 3.63) is 64.7 Å². The number of nitrogens with one attached hydrogen (secondary N) is 1. The third kappa shape index (κ3) is 4.07. The van der Waals surface area contributed by atoms with E-state index in [4.69, 9.17) is 11.6 Å². The zero-order chi connectivity index (χ0) is 18.7. The second-order valence-corrected chi connectivity index (χ2v) is 7.71. The first-order valence-electron chi connectivity index (χ1n) is 8.81. The highest BCUT2D eigenvalue weighted by atomic mass is 35.5. The zero-order valence-electron chi connectivity index (χ0n) is 15.1. The van der Waals surface area contributed by atoms with Crippen molar-refractivity contribution in [2.24, 2.45) is 0 Å². The lowest BCUT2D eigenvalue weighted by molar-refractivity contribution is -0.117. The Kier molecular flexibility index (Phi) is 5.33.